The van der Waals surface area contributed by atoms with E-state index in [1.807, 2.05) is 6.92 Å². The van der Waals surface area contributed by atoms with Gasteiger partial charge < -0.3 is 14.8 Å². The van der Waals surface area contributed by atoms with Gasteiger partial charge in [0.15, 0.2) is 11.5 Å². The summed E-state index contributed by atoms with van der Waals surface area (Å²) in [4.78, 5) is 12.4. The van der Waals surface area contributed by atoms with E-state index in [1.54, 1.807) is 25.3 Å². The largest absolute Gasteiger partial charge is 0.493 e. The fourth-order valence-corrected chi connectivity index (χ4v) is 2.87. The fourth-order valence-electron chi connectivity index (χ4n) is 2.87. The fraction of sp³-hybridized carbons (Fsp3) is 0.588. The average Bonchev–Trinajstić information content (AvgIpc) is 2.50. The zero-order chi connectivity index (χ0) is 15.2. The van der Waals surface area contributed by atoms with Crippen molar-refractivity contribution in [3.63, 3.8) is 0 Å². The first-order valence-corrected chi connectivity index (χ1v) is 7.77. The van der Waals surface area contributed by atoms with Crippen LogP contribution in [0.2, 0.25) is 0 Å². The molecule has 0 radical (unpaired) electrons. The van der Waals surface area contributed by atoms with Crippen molar-refractivity contribution < 1.29 is 14.3 Å². The molecule has 2 rings (SSSR count). The Bertz CT molecular complexity index is 487. The third-order valence-electron chi connectivity index (χ3n) is 4.15. The highest BCUT2D eigenvalue weighted by Crippen LogP contribution is 2.29. The van der Waals surface area contributed by atoms with Crippen LogP contribution in [0.4, 0.5) is 0 Å². The van der Waals surface area contributed by atoms with Crippen LogP contribution in [0.5, 0.6) is 11.5 Å². The number of hydrogen-bond acceptors (Lipinski definition) is 3. The number of methoxy groups -OCH3 is 1. The predicted octanol–water partition coefficient (Wildman–Crippen LogP) is 3.40. The Morgan fingerprint density at radius 2 is 2.05 bits per heavy atom. The first-order valence-electron chi connectivity index (χ1n) is 7.77. The second-order valence-electron chi connectivity index (χ2n) is 5.64. The third kappa shape index (κ3) is 3.90. The number of benzene rings is 1. The number of carbonyl (C=O) groups is 1. The van der Waals surface area contributed by atoms with Crippen molar-refractivity contribution in [3.05, 3.63) is 23.8 Å². The standard InChI is InChI=1S/C17H25NO3/c1-4-21-16-11-13(9-10-15(16)20-3)17(19)18-14-8-6-5-7-12(14)2/h9-12,14H,4-8H2,1-3H3,(H,18,19)/t12-,14-/m1/s1. The lowest BCUT2D eigenvalue weighted by Crippen LogP contribution is -2.41. The Balaban J connectivity index is 2.09. The van der Waals surface area contributed by atoms with Crippen molar-refractivity contribution in [2.24, 2.45) is 5.92 Å². The summed E-state index contributed by atoms with van der Waals surface area (Å²) in [5.74, 6) is 1.79. The predicted molar refractivity (Wildman–Crippen MR) is 83.0 cm³/mol. The van der Waals surface area contributed by atoms with Gasteiger partial charge in [-0.25, -0.2) is 0 Å². The molecule has 1 aliphatic rings. The minimum Gasteiger partial charge on any atom is -0.493 e. The Labute approximate surface area is 126 Å². The van der Waals surface area contributed by atoms with Gasteiger partial charge in [-0.1, -0.05) is 19.8 Å². The quantitative estimate of drug-likeness (QED) is 0.904. The molecule has 0 saturated heterocycles. The minimum absolute atomic E-state index is 0.0302. The molecular weight excluding hydrogens is 266 g/mol. The van der Waals surface area contributed by atoms with Gasteiger partial charge in [0.2, 0.25) is 0 Å². The maximum Gasteiger partial charge on any atom is 0.251 e. The molecule has 21 heavy (non-hydrogen) atoms. The highest BCUT2D eigenvalue weighted by Gasteiger charge is 2.23. The molecule has 1 aliphatic carbocycles. The van der Waals surface area contributed by atoms with Crippen molar-refractivity contribution >= 4 is 5.91 Å². The molecular formula is C17H25NO3. The summed E-state index contributed by atoms with van der Waals surface area (Å²) >= 11 is 0. The molecule has 0 heterocycles. The van der Waals surface area contributed by atoms with Gasteiger partial charge in [-0.15, -0.1) is 0 Å². The van der Waals surface area contributed by atoms with Crippen LogP contribution in [0, 0.1) is 5.92 Å². The third-order valence-corrected chi connectivity index (χ3v) is 4.15. The van der Waals surface area contributed by atoms with E-state index >= 15 is 0 Å². The molecule has 0 spiro atoms. The second kappa shape index (κ2) is 7.34. The number of rotatable bonds is 5. The van der Waals surface area contributed by atoms with Crippen molar-refractivity contribution in [3.8, 4) is 11.5 Å². The molecule has 1 amide bonds. The molecule has 1 aromatic carbocycles. The van der Waals surface area contributed by atoms with Gasteiger partial charge in [0.1, 0.15) is 0 Å². The smallest absolute Gasteiger partial charge is 0.251 e. The molecule has 4 heteroatoms. The number of hydrogen-bond donors (Lipinski definition) is 1. The Hall–Kier alpha value is -1.71. The van der Waals surface area contributed by atoms with E-state index in [0.717, 1.165) is 6.42 Å². The van der Waals surface area contributed by atoms with Gasteiger partial charge in [-0.2, -0.15) is 0 Å². The molecule has 1 saturated carbocycles. The van der Waals surface area contributed by atoms with Crippen LogP contribution in [-0.2, 0) is 0 Å². The zero-order valence-corrected chi connectivity index (χ0v) is 13.1. The minimum atomic E-state index is -0.0302. The van der Waals surface area contributed by atoms with E-state index in [9.17, 15) is 4.79 Å². The molecule has 0 bridgehead atoms. The number of ether oxygens (including phenoxy) is 2. The van der Waals surface area contributed by atoms with Crippen LogP contribution in [0.15, 0.2) is 18.2 Å². The zero-order valence-electron chi connectivity index (χ0n) is 13.1. The highest BCUT2D eigenvalue weighted by atomic mass is 16.5. The molecule has 4 nitrogen and oxygen atoms in total. The van der Waals surface area contributed by atoms with E-state index in [-0.39, 0.29) is 11.9 Å². The summed E-state index contributed by atoms with van der Waals surface area (Å²) in [6, 6.07) is 5.60. The monoisotopic (exact) mass is 291 g/mol. The van der Waals surface area contributed by atoms with Gasteiger partial charge in [-0.3, -0.25) is 4.79 Å². The molecule has 0 aromatic heterocycles. The summed E-state index contributed by atoms with van der Waals surface area (Å²) in [5.41, 5.74) is 0.622. The molecule has 1 N–H and O–H groups in total. The molecule has 1 aromatic rings. The Morgan fingerprint density at radius 3 is 2.71 bits per heavy atom. The number of carbonyl (C=O) groups excluding carboxylic acids is 1. The van der Waals surface area contributed by atoms with Crippen molar-refractivity contribution in [1.29, 1.82) is 0 Å². The topological polar surface area (TPSA) is 47.6 Å². The normalized spacial score (nSPS) is 21.7. The van der Waals surface area contributed by atoms with Crippen LogP contribution >= 0.6 is 0 Å². The summed E-state index contributed by atoms with van der Waals surface area (Å²) in [7, 11) is 1.60. The summed E-state index contributed by atoms with van der Waals surface area (Å²) in [6.45, 7) is 4.67. The average molecular weight is 291 g/mol. The Morgan fingerprint density at radius 1 is 1.29 bits per heavy atom. The van der Waals surface area contributed by atoms with Crippen LogP contribution in [0.25, 0.3) is 0 Å². The summed E-state index contributed by atoms with van der Waals surface area (Å²) < 4.78 is 10.8. The van der Waals surface area contributed by atoms with Crippen LogP contribution in [0.1, 0.15) is 49.9 Å². The maximum absolute atomic E-state index is 12.4. The molecule has 116 valence electrons. The maximum atomic E-state index is 12.4. The summed E-state index contributed by atoms with van der Waals surface area (Å²) in [5, 5.41) is 3.16. The summed E-state index contributed by atoms with van der Waals surface area (Å²) in [6.07, 6.45) is 4.73. The lowest BCUT2D eigenvalue weighted by molar-refractivity contribution is 0.0909. The first-order chi connectivity index (χ1) is 10.2. The van der Waals surface area contributed by atoms with Gasteiger partial charge in [0.25, 0.3) is 5.91 Å². The second-order valence-corrected chi connectivity index (χ2v) is 5.64. The van der Waals surface area contributed by atoms with E-state index in [4.69, 9.17) is 9.47 Å². The van der Waals surface area contributed by atoms with E-state index in [0.29, 0.717) is 29.6 Å². The van der Waals surface area contributed by atoms with E-state index in [2.05, 4.69) is 12.2 Å². The molecule has 1 fully saturated rings. The van der Waals surface area contributed by atoms with Gasteiger partial charge in [-0.05, 0) is 43.9 Å². The molecule has 0 aliphatic heterocycles. The number of nitrogens with one attached hydrogen (secondary N) is 1. The lowest BCUT2D eigenvalue weighted by atomic mass is 9.86. The molecule has 2 atom stereocenters. The van der Waals surface area contributed by atoms with Gasteiger partial charge in [0.05, 0.1) is 13.7 Å². The van der Waals surface area contributed by atoms with Crippen molar-refractivity contribution in [2.45, 2.75) is 45.6 Å². The van der Waals surface area contributed by atoms with Crippen LogP contribution in [-0.4, -0.2) is 25.7 Å². The van der Waals surface area contributed by atoms with E-state index < -0.39 is 0 Å². The van der Waals surface area contributed by atoms with E-state index in [1.165, 1.54) is 19.3 Å². The highest BCUT2D eigenvalue weighted by molar-refractivity contribution is 5.95. The van der Waals surface area contributed by atoms with Crippen molar-refractivity contribution in [2.75, 3.05) is 13.7 Å². The van der Waals surface area contributed by atoms with Crippen LogP contribution in [0.3, 0.4) is 0 Å². The van der Waals surface area contributed by atoms with Gasteiger partial charge in [0, 0.05) is 11.6 Å². The van der Waals surface area contributed by atoms with Crippen molar-refractivity contribution in [1.82, 2.24) is 5.32 Å². The number of amides is 1. The molecule has 0 unspecified atom stereocenters. The first kappa shape index (κ1) is 15.7. The SMILES string of the molecule is CCOc1cc(C(=O)N[C@@H]2CCCC[C@H]2C)ccc1OC. The Kier molecular flexibility index (Phi) is 5.48. The van der Waals surface area contributed by atoms with Crippen LogP contribution < -0.4 is 14.8 Å². The lowest BCUT2D eigenvalue weighted by Gasteiger charge is -2.29. The van der Waals surface area contributed by atoms with Gasteiger partial charge >= 0.3 is 0 Å².